The minimum Gasteiger partial charge on any atom is -0.417 e. The molecular formula is C12H26O2Si2. The molecule has 2 saturated heterocycles. The summed E-state index contributed by atoms with van der Waals surface area (Å²) < 4.78 is 11.1. The molecular weight excluding hydrogens is 232 g/mol. The van der Waals surface area contributed by atoms with E-state index in [-0.39, 0.29) is 0 Å². The Bertz CT molecular complexity index is 193. The largest absolute Gasteiger partial charge is 0.417 e. The SMILES string of the molecule is C=C[SiH]1CCCCO1.C[Si]1(C)CCCCO1. The lowest BCUT2D eigenvalue weighted by molar-refractivity contribution is 0.275. The second-order valence-corrected chi connectivity index (χ2v) is 12.0. The van der Waals surface area contributed by atoms with Crippen LogP contribution in [0.15, 0.2) is 12.3 Å². The number of hydrogen-bond donors (Lipinski definition) is 0. The van der Waals surface area contributed by atoms with E-state index in [2.05, 4.69) is 19.7 Å². The lowest BCUT2D eigenvalue weighted by Gasteiger charge is -2.27. The maximum Gasteiger partial charge on any atom is 0.200 e. The van der Waals surface area contributed by atoms with E-state index in [9.17, 15) is 0 Å². The van der Waals surface area contributed by atoms with E-state index < -0.39 is 17.4 Å². The molecule has 0 radical (unpaired) electrons. The first-order chi connectivity index (χ1) is 7.64. The lowest BCUT2D eigenvalue weighted by atomic mass is 10.4. The van der Waals surface area contributed by atoms with Gasteiger partial charge in [0.05, 0.1) is 0 Å². The highest BCUT2D eigenvalue weighted by Gasteiger charge is 2.24. The highest BCUT2D eigenvalue weighted by Crippen LogP contribution is 2.20. The van der Waals surface area contributed by atoms with Crippen molar-refractivity contribution in [2.75, 3.05) is 13.2 Å². The van der Waals surface area contributed by atoms with E-state index in [0.717, 1.165) is 13.2 Å². The molecule has 16 heavy (non-hydrogen) atoms. The van der Waals surface area contributed by atoms with Gasteiger partial charge in [0.1, 0.15) is 0 Å². The van der Waals surface area contributed by atoms with Gasteiger partial charge >= 0.3 is 0 Å². The molecule has 0 bridgehead atoms. The molecule has 94 valence electrons. The molecule has 0 aliphatic carbocycles. The summed E-state index contributed by atoms with van der Waals surface area (Å²) in [7, 11) is -1.93. The third-order valence-electron chi connectivity index (χ3n) is 3.14. The van der Waals surface area contributed by atoms with Gasteiger partial charge in [0.15, 0.2) is 8.32 Å². The van der Waals surface area contributed by atoms with E-state index in [1.54, 1.807) is 0 Å². The van der Waals surface area contributed by atoms with Crippen molar-refractivity contribution in [3.8, 4) is 0 Å². The third-order valence-corrected chi connectivity index (χ3v) is 7.85. The minimum absolute atomic E-state index is 0.841. The fourth-order valence-corrected chi connectivity index (χ4v) is 5.67. The van der Waals surface area contributed by atoms with E-state index in [4.69, 9.17) is 8.85 Å². The summed E-state index contributed by atoms with van der Waals surface area (Å²) in [5.74, 6) is 0. The fourth-order valence-electron chi connectivity index (χ4n) is 2.02. The van der Waals surface area contributed by atoms with Gasteiger partial charge < -0.3 is 8.85 Å². The van der Waals surface area contributed by atoms with Crippen LogP contribution in [0.4, 0.5) is 0 Å². The molecule has 4 heteroatoms. The van der Waals surface area contributed by atoms with Crippen molar-refractivity contribution in [1.82, 2.24) is 0 Å². The summed E-state index contributed by atoms with van der Waals surface area (Å²) in [6, 6.07) is 2.68. The van der Waals surface area contributed by atoms with Crippen LogP contribution in [0.5, 0.6) is 0 Å². The first-order valence-corrected chi connectivity index (χ1v) is 11.6. The molecule has 0 spiro atoms. The van der Waals surface area contributed by atoms with Gasteiger partial charge in [-0.2, -0.15) is 0 Å². The zero-order valence-corrected chi connectivity index (χ0v) is 13.0. The molecule has 0 aromatic carbocycles. The Hall–Kier alpha value is 0.0938. The Morgan fingerprint density at radius 1 is 1.12 bits per heavy atom. The number of rotatable bonds is 1. The van der Waals surface area contributed by atoms with Crippen molar-refractivity contribution in [3.63, 3.8) is 0 Å². The van der Waals surface area contributed by atoms with Crippen molar-refractivity contribution in [1.29, 1.82) is 0 Å². The predicted octanol–water partition coefficient (Wildman–Crippen LogP) is 3.25. The van der Waals surface area contributed by atoms with Crippen LogP contribution >= 0.6 is 0 Å². The van der Waals surface area contributed by atoms with Crippen LogP contribution < -0.4 is 0 Å². The average Bonchev–Trinajstić information content (AvgIpc) is 2.31. The van der Waals surface area contributed by atoms with Gasteiger partial charge in [0.25, 0.3) is 0 Å². The maximum absolute atomic E-state index is 5.60. The smallest absolute Gasteiger partial charge is 0.200 e. The molecule has 0 N–H and O–H groups in total. The summed E-state index contributed by atoms with van der Waals surface area (Å²) in [4.78, 5) is 0. The second kappa shape index (κ2) is 7.43. The zero-order valence-electron chi connectivity index (χ0n) is 10.8. The summed E-state index contributed by atoms with van der Waals surface area (Å²) in [6.07, 6.45) is 5.32. The summed E-state index contributed by atoms with van der Waals surface area (Å²) in [5.41, 5.74) is 2.03. The van der Waals surface area contributed by atoms with Crippen molar-refractivity contribution in [2.45, 2.75) is 50.9 Å². The molecule has 1 atom stereocenters. The molecule has 2 aliphatic heterocycles. The van der Waals surface area contributed by atoms with E-state index >= 15 is 0 Å². The van der Waals surface area contributed by atoms with Gasteiger partial charge in [-0.25, -0.2) is 0 Å². The van der Waals surface area contributed by atoms with Gasteiger partial charge in [0.2, 0.25) is 9.04 Å². The molecule has 1 unspecified atom stereocenters. The lowest BCUT2D eigenvalue weighted by Crippen LogP contribution is -2.33. The Balaban J connectivity index is 0.000000160. The van der Waals surface area contributed by atoms with Gasteiger partial charge in [-0.3, -0.25) is 0 Å². The third kappa shape index (κ3) is 5.98. The standard InChI is InChI=1S/C6H14OSi.C6H12OSi/c1-8(2)6-4-3-5-7-8;1-2-8-6-4-3-5-7-8/h3-6H2,1-2H3;2,8H,1,3-6H2. The first kappa shape index (κ1) is 14.2. The summed E-state index contributed by atoms with van der Waals surface area (Å²) in [6.45, 7) is 10.3. The molecule has 0 aromatic rings. The topological polar surface area (TPSA) is 18.5 Å². The van der Waals surface area contributed by atoms with Gasteiger partial charge in [0, 0.05) is 13.2 Å². The van der Waals surface area contributed by atoms with E-state index in [0.29, 0.717) is 0 Å². The van der Waals surface area contributed by atoms with Gasteiger partial charge in [-0.1, -0.05) is 18.5 Å². The Morgan fingerprint density at radius 2 is 1.88 bits per heavy atom. The van der Waals surface area contributed by atoms with Crippen molar-refractivity contribution in [2.24, 2.45) is 0 Å². The molecule has 2 nitrogen and oxygen atoms in total. The monoisotopic (exact) mass is 258 g/mol. The van der Waals surface area contributed by atoms with Crippen molar-refractivity contribution in [3.05, 3.63) is 12.3 Å². The van der Waals surface area contributed by atoms with E-state index in [1.165, 1.54) is 37.8 Å². The summed E-state index contributed by atoms with van der Waals surface area (Å²) in [5, 5.41) is 0. The van der Waals surface area contributed by atoms with E-state index in [1.807, 2.05) is 5.70 Å². The van der Waals surface area contributed by atoms with Crippen LogP contribution in [0.25, 0.3) is 0 Å². The predicted molar refractivity (Wildman–Crippen MR) is 74.8 cm³/mol. The molecule has 2 rings (SSSR count). The van der Waals surface area contributed by atoms with Crippen molar-refractivity contribution >= 4 is 17.4 Å². The Morgan fingerprint density at radius 3 is 2.19 bits per heavy atom. The van der Waals surface area contributed by atoms with Crippen molar-refractivity contribution < 1.29 is 8.85 Å². The Labute approximate surface area is 103 Å². The zero-order chi connectivity index (χ0) is 11.9. The highest BCUT2D eigenvalue weighted by molar-refractivity contribution is 6.71. The quantitative estimate of drug-likeness (QED) is 0.672. The van der Waals surface area contributed by atoms with Gasteiger partial charge in [-0.05, 0) is 38.0 Å². The second-order valence-electron chi connectivity index (χ2n) is 5.21. The molecule has 2 fully saturated rings. The molecule has 2 aliphatic rings. The molecule has 0 aromatic heterocycles. The van der Waals surface area contributed by atoms with Crippen LogP contribution in [0.2, 0.25) is 25.2 Å². The fraction of sp³-hybridized carbons (Fsp3) is 0.833. The molecule has 2 heterocycles. The van der Waals surface area contributed by atoms with Crippen LogP contribution in [0, 0.1) is 0 Å². The van der Waals surface area contributed by atoms with Crippen LogP contribution in [0.3, 0.4) is 0 Å². The van der Waals surface area contributed by atoms with Crippen LogP contribution in [-0.4, -0.2) is 30.6 Å². The molecule has 0 saturated carbocycles. The van der Waals surface area contributed by atoms with Gasteiger partial charge in [-0.15, -0.1) is 6.58 Å². The Kier molecular flexibility index (Phi) is 6.57. The average molecular weight is 259 g/mol. The maximum atomic E-state index is 5.60. The van der Waals surface area contributed by atoms with Crippen LogP contribution in [-0.2, 0) is 8.85 Å². The highest BCUT2D eigenvalue weighted by atomic mass is 28.4. The summed E-state index contributed by atoms with van der Waals surface area (Å²) >= 11 is 0. The minimum atomic E-state index is -1.09. The first-order valence-electron chi connectivity index (χ1n) is 6.52. The normalized spacial score (nSPS) is 28.8. The number of hydrogen-bond acceptors (Lipinski definition) is 2. The molecule has 0 amide bonds. The van der Waals surface area contributed by atoms with Crippen LogP contribution in [0.1, 0.15) is 25.7 Å².